The molecule has 0 aromatic heterocycles. The van der Waals surface area contributed by atoms with Gasteiger partial charge in [0.25, 0.3) is 5.91 Å². The number of thioether (sulfide) groups is 1. The molecule has 0 saturated carbocycles. The van der Waals surface area contributed by atoms with E-state index in [4.69, 9.17) is 0 Å². The molecule has 1 fully saturated rings. The highest BCUT2D eigenvalue weighted by atomic mass is 32.2. The number of benzene rings is 1. The van der Waals surface area contributed by atoms with Crippen LogP contribution >= 0.6 is 11.8 Å². The fourth-order valence-electron chi connectivity index (χ4n) is 2.78. The van der Waals surface area contributed by atoms with E-state index < -0.39 is 10.0 Å². The maximum Gasteiger partial charge on any atom is 0.253 e. The first-order valence-corrected chi connectivity index (χ1v) is 12.5. The number of hydrogen-bond acceptors (Lipinski definition) is 5. The summed E-state index contributed by atoms with van der Waals surface area (Å²) in [4.78, 5) is 18.0. The number of nitrogens with one attached hydrogen (secondary N) is 2. The molecule has 0 bridgehead atoms. The van der Waals surface area contributed by atoms with Gasteiger partial charge in [-0.15, -0.1) is 0 Å². The van der Waals surface area contributed by atoms with Gasteiger partial charge in [-0.25, -0.2) is 17.7 Å². The predicted octanol–water partition coefficient (Wildman–Crippen LogP) is 0.822. The Bertz CT molecular complexity index is 789. The van der Waals surface area contributed by atoms with Gasteiger partial charge < -0.3 is 15.5 Å². The Morgan fingerprint density at radius 1 is 1.17 bits per heavy atom. The summed E-state index contributed by atoms with van der Waals surface area (Å²) in [5, 5.41) is 6.23. The third-order valence-electron chi connectivity index (χ3n) is 4.39. The minimum atomic E-state index is -3.24. The van der Waals surface area contributed by atoms with Gasteiger partial charge in [-0.05, 0) is 24.6 Å². The Labute approximate surface area is 178 Å². The van der Waals surface area contributed by atoms with E-state index in [-0.39, 0.29) is 11.7 Å². The highest BCUT2D eigenvalue weighted by Crippen LogP contribution is 2.13. The van der Waals surface area contributed by atoms with Gasteiger partial charge in [0.1, 0.15) is 0 Å². The lowest BCUT2D eigenvalue weighted by molar-refractivity contribution is 0.0827. The van der Waals surface area contributed by atoms with Crippen molar-refractivity contribution in [3.8, 4) is 0 Å². The molecule has 2 rings (SSSR count). The Morgan fingerprint density at radius 3 is 2.41 bits per heavy atom. The summed E-state index contributed by atoms with van der Waals surface area (Å²) < 4.78 is 26.4. The van der Waals surface area contributed by atoms with Crippen LogP contribution in [0.15, 0.2) is 29.3 Å². The highest BCUT2D eigenvalue weighted by molar-refractivity contribution is 7.99. The molecule has 1 saturated heterocycles. The molecule has 0 atom stereocenters. The summed E-state index contributed by atoms with van der Waals surface area (Å²) in [6.07, 6.45) is 0. The summed E-state index contributed by atoms with van der Waals surface area (Å²) in [5.74, 6) is 2.29. The van der Waals surface area contributed by atoms with E-state index in [1.165, 1.54) is 4.90 Å². The standard InChI is InChI=1S/C19H31N5O3S2/c1-4-20-19(21-9-14-29(26,27)24-10-12-28-13-11-24)22-15-16-5-7-17(8-6-16)18(25)23(2)3/h5-8H,4,9-15H2,1-3H3,(H2,20,21,22). The molecule has 2 N–H and O–H groups in total. The zero-order chi connectivity index (χ0) is 21.3. The number of amides is 1. The van der Waals surface area contributed by atoms with Crippen molar-refractivity contribution in [3.63, 3.8) is 0 Å². The van der Waals surface area contributed by atoms with Crippen molar-refractivity contribution in [2.24, 2.45) is 4.99 Å². The zero-order valence-corrected chi connectivity index (χ0v) is 19.0. The van der Waals surface area contributed by atoms with Gasteiger partial charge in [0.2, 0.25) is 10.0 Å². The lowest BCUT2D eigenvalue weighted by atomic mass is 10.1. The molecule has 10 heteroatoms. The van der Waals surface area contributed by atoms with Crippen LogP contribution in [0.25, 0.3) is 0 Å². The van der Waals surface area contributed by atoms with E-state index >= 15 is 0 Å². The van der Waals surface area contributed by atoms with Crippen LogP contribution in [0.1, 0.15) is 22.8 Å². The first-order valence-electron chi connectivity index (χ1n) is 9.72. The van der Waals surface area contributed by atoms with Crippen molar-refractivity contribution in [2.75, 3.05) is 57.5 Å². The van der Waals surface area contributed by atoms with E-state index in [2.05, 4.69) is 15.6 Å². The predicted molar refractivity (Wildman–Crippen MR) is 120 cm³/mol. The first kappa shape index (κ1) is 23.5. The Balaban J connectivity index is 1.89. The maximum atomic E-state index is 12.4. The largest absolute Gasteiger partial charge is 0.357 e. The van der Waals surface area contributed by atoms with Crippen LogP contribution in [0.2, 0.25) is 0 Å². The van der Waals surface area contributed by atoms with Crippen molar-refractivity contribution in [1.29, 1.82) is 0 Å². The van der Waals surface area contributed by atoms with Crippen LogP contribution in [0, 0.1) is 0 Å². The van der Waals surface area contributed by atoms with E-state index in [0.29, 0.717) is 44.2 Å². The van der Waals surface area contributed by atoms with Crippen LogP contribution < -0.4 is 10.6 Å². The van der Waals surface area contributed by atoms with Crippen LogP contribution in [0.5, 0.6) is 0 Å². The third kappa shape index (κ3) is 7.52. The van der Waals surface area contributed by atoms with Crippen molar-refractivity contribution < 1.29 is 13.2 Å². The molecule has 162 valence electrons. The average Bonchev–Trinajstić information content (AvgIpc) is 2.72. The SMILES string of the molecule is CCNC(=NCc1ccc(C(=O)N(C)C)cc1)NCCS(=O)(=O)N1CCSCC1. The second kappa shape index (κ2) is 11.4. The van der Waals surface area contributed by atoms with Crippen LogP contribution in [0.4, 0.5) is 0 Å². The van der Waals surface area contributed by atoms with Gasteiger partial charge in [-0.3, -0.25) is 4.79 Å². The number of aliphatic imine (C=N–C) groups is 1. The van der Waals surface area contributed by atoms with Gasteiger partial charge in [0.15, 0.2) is 5.96 Å². The molecular formula is C19H31N5O3S2. The number of guanidine groups is 1. The normalized spacial score (nSPS) is 15.8. The van der Waals surface area contributed by atoms with Crippen LogP contribution in [-0.4, -0.2) is 87.0 Å². The van der Waals surface area contributed by atoms with Crippen molar-refractivity contribution in [3.05, 3.63) is 35.4 Å². The second-order valence-electron chi connectivity index (χ2n) is 6.85. The topological polar surface area (TPSA) is 94.1 Å². The van der Waals surface area contributed by atoms with Crippen LogP contribution in [-0.2, 0) is 16.6 Å². The summed E-state index contributed by atoms with van der Waals surface area (Å²) in [6, 6.07) is 7.33. The van der Waals surface area contributed by atoms with Gasteiger partial charge in [-0.1, -0.05) is 12.1 Å². The summed E-state index contributed by atoms with van der Waals surface area (Å²) >= 11 is 1.79. The fraction of sp³-hybridized carbons (Fsp3) is 0.579. The number of hydrogen-bond donors (Lipinski definition) is 2. The summed E-state index contributed by atoms with van der Waals surface area (Å²) in [7, 11) is 0.201. The lowest BCUT2D eigenvalue weighted by Crippen LogP contribution is -2.44. The number of carbonyl (C=O) groups excluding carboxylic acids is 1. The van der Waals surface area contributed by atoms with Gasteiger partial charge in [-0.2, -0.15) is 11.8 Å². The molecular weight excluding hydrogens is 410 g/mol. The fourth-order valence-corrected chi connectivity index (χ4v) is 5.27. The number of carbonyl (C=O) groups is 1. The van der Waals surface area contributed by atoms with Gasteiger partial charge in [0.05, 0.1) is 12.3 Å². The Hall–Kier alpha value is -1.78. The summed E-state index contributed by atoms with van der Waals surface area (Å²) in [5.41, 5.74) is 1.60. The molecule has 1 heterocycles. The molecule has 1 aromatic rings. The summed E-state index contributed by atoms with van der Waals surface area (Å²) in [6.45, 7) is 4.55. The molecule has 0 spiro atoms. The average molecular weight is 442 g/mol. The minimum Gasteiger partial charge on any atom is -0.357 e. The molecule has 1 aliphatic heterocycles. The Kier molecular flexibility index (Phi) is 9.25. The van der Waals surface area contributed by atoms with Gasteiger partial charge in [0, 0.05) is 57.3 Å². The van der Waals surface area contributed by atoms with E-state index in [0.717, 1.165) is 17.1 Å². The quantitative estimate of drug-likeness (QED) is 0.458. The number of sulfonamides is 1. The first-order chi connectivity index (χ1) is 13.8. The Morgan fingerprint density at radius 2 is 1.83 bits per heavy atom. The number of rotatable bonds is 8. The van der Waals surface area contributed by atoms with Crippen molar-refractivity contribution in [2.45, 2.75) is 13.5 Å². The molecule has 0 radical (unpaired) electrons. The zero-order valence-electron chi connectivity index (χ0n) is 17.3. The van der Waals surface area contributed by atoms with E-state index in [1.54, 1.807) is 42.3 Å². The third-order valence-corrected chi connectivity index (χ3v) is 7.20. The minimum absolute atomic E-state index is 0.0384. The van der Waals surface area contributed by atoms with E-state index in [1.807, 2.05) is 19.1 Å². The molecule has 0 aliphatic carbocycles. The number of nitrogens with zero attached hydrogens (tertiary/aromatic N) is 3. The van der Waals surface area contributed by atoms with Crippen molar-refractivity contribution >= 4 is 33.7 Å². The maximum absolute atomic E-state index is 12.4. The molecule has 1 amide bonds. The monoisotopic (exact) mass is 441 g/mol. The molecule has 0 unspecified atom stereocenters. The molecule has 1 aliphatic rings. The van der Waals surface area contributed by atoms with E-state index in [9.17, 15) is 13.2 Å². The smallest absolute Gasteiger partial charge is 0.253 e. The highest BCUT2D eigenvalue weighted by Gasteiger charge is 2.23. The molecule has 29 heavy (non-hydrogen) atoms. The van der Waals surface area contributed by atoms with Crippen molar-refractivity contribution in [1.82, 2.24) is 19.8 Å². The molecule has 8 nitrogen and oxygen atoms in total. The lowest BCUT2D eigenvalue weighted by Gasteiger charge is -2.25. The van der Waals surface area contributed by atoms with Crippen LogP contribution in [0.3, 0.4) is 0 Å². The molecule has 1 aromatic carbocycles. The van der Waals surface area contributed by atoms with Gasteiger partial charge >= 0.3 is 0 Å². The second-order valence-corrected chi connectivity index (χ2v) is 10.2.